The van der Waals surface area contributed by atoms with Crippen molar-refractivity contribution in [3.63, 3.8) is 0 Å². The Morgan fingerprint density at radius 3 is 2.33 bits per heavy atom. The molecule has 3 rings (SSSR count). The summed E-state index contributed by atoms with van der Waals surface area (Å²) < 4.78 is 27.6. The Kier molecular flexibility index (Phi) is 4.88. The maximum Gasteiger partial charge on any atom is 0.280 e. The van der Waals surface area contributed by atoms with Crippen molar-refractivity contribution in [2.24, 2.45) is 0 Å². The van der Waals surface area contributed by atoms with Gasteiger partial charge in [0.05, 0.1) is 17.0 Å². The smallest absolute Gasteiger partial charge is 0.268 e. The zero-order valence-electron chi connectivity index (χ0n) is 15.4. The van der Waals surface area contributed by atoms with Crippen molar-refractivity contribution < 1.29 is 18.0 Å². The number of carbonyl (C=O) groups is 2. The number of imide groups is 1. The van der Waals surface area contributed by atoms with E-state index in [4.69, 9.17) is 0 Å². The SMILES string of the molecule is CCC(C)(C)NS(=O)(=O)c1ccc(CN2C(=O)c3cccnc3C2=O)cc1. The Morgan fingerprint density at radius 2 is 1.74 bits per heavy atom. The summed E-state index contributed by atoms with van der Waals surface area (Å²) in [5.74, 6) is -0.843. The van der Waals surface area contributed by atoms with Gasteiger partial charge in [-0.15, -0.1) is 0 Å². The van der Waals surface area contributed by atoms with Gasteiger partial charge in [-0.1, -0.05) is 19.1 Å². The number of hydrogen-bond acceptors (Lipinski definition) is 5. The van der Waals surface area contributed by atoms with Crippen LogP contribution in [0.15, 0.2) is 47.5 Å². The van der Waals surface area contributed by atoms with E-state index in [0.29, 0.717) is 12.0 Å². The van der Waals surface area contributed by atoms with E-state index in [0.717, 1.165) is 4.90 Å². The quantitative estimate of drug-likeness (QED) is 0.768. The summed E-state index contributed by atoms with van der Waals surface area (Å²) in [4.78, 5) is 30.0. The van der Waals surface area contributed by atoms with Gasteiger partial charge in [0.2, 0.25) is 10.0 Å². The normalized spacial score (nSPS) is 14.6. The molecule has 0 saturated heterocycles. The summed E-state index contributed by atoms with van der Waals surface area (Å²) in [6.07, 6.45) is 2.12. The fourth-order valence-electron chi connectivity index (χ4n) is 2.71. The molecule has 0 bridgehead atoms. The van der Waals surface area contributed by atoms with Crippen LogP contribution in [0.25, 0.3) is 0 Å². The van der Waals surface area contributed by atoms with Crippen LogP contribution in [0, 0.1) is 0 Å². The molecule has 2 aromatic rings. The molecule has 0 fully saturated rings. The van der Waals surface area contributed by atoms with Gasteiger partial charge >= 0.3 is 0 Å². The lowest BCUT2D eigenvalue weighted by atomic mass is 10.0. The lowest BCUT2D eigenvalue weighted by Gasteiger charge is -2.24. The third-order valence-electron chi connectivity index (χ3n) is 4.60. The van der Waals surface area contributed by atoms with Crippen LogP contribution in [0.5, 0.6) is 0 Å². The average Bonchev–Trinajstić information content (AvgIpc) is 2.87. The highest BCUT2D eigenvalue weighted by molar-refractivity contribution is 7.89. The molecular weight excluding hydrogens is 366 g/mol. The Labute approximate surface area is 158 Å². The number of amides is 2. The zero-order chi connectivity index (χ0) is 19.8. The van der Waals surface area contributed by atoms with E-state index in [1.54, 1.807) is 24.3 Å². The first-order chi connectivity index (χ1) is 12.6. The highest BCUT2D eigenvalue weighted by Gasteiger charge is 2.36. The van der Waals surface area contributed by atoms with E-state index in [9.17, 15) is 18.0 Å². The molecule has 27 heavy (non-hydrogen) atoms. The van der Waals surface area contributed by atoms with Crippen molar-refractivity contribution in [2.75, 3.05) is 0 Å². The van der Waals surface area contributed by atoms with Crippen molar-refractivity contribution in [1.29, 1.82) is 0 Å². The minimum absolute atomic E-state index is 0.0578. The van der Waals surface area contributed by atoms with Crippen LogP contribution in [0.2, 0.25) is 0 Å². The average molecular weight is 387 g/mol. The first kappa shape index (κ1) is 19.2. The second-order valence-corrected chi connectivity index (χ2v) is 8.77. The van der Waals surface area contributed by atoms with Crippen LogP contribution >= 0.6 is 0 Å². The predicted molar refractivity (Wildman–Crippen MR) is 99.6 cm³/mol. The van der Waals surface area contributed by atoms with Crippen LogP contribution < -0.4 is 4.72 Å². The molecule has 1 aliphatic rings. The number of nitrogens with one attached hydrogen (secondary N) is 1. The fourth-order valence-corrected chi connectivity index (χ4v) is 4.19. The van der Waals surface area contributed by atoms with Crippen molar-refractivity contribution >= 4 is 21.8 Å². The molecule has 0 spiro atoms. The molecule has 7 nitrogen and oxygen atoms in total. The summed E-state index contributed by atoms with van der Waals surface area (Å²) in [6.45, 7) is 5.59. The van der Waals surface area contributed by atoms with E-state index in [1.807, 2.05) is 20.8 Å². The molecule has 8 heteroatoms. The highest BCUT2D eigenvalue weighted by atomic mass is 32.2. The van der Waals surface area contributed by atoms with Crippen molar-refractivity contribution in [3.05, 3.63) is 59.4 Å². The molecule has 2 amide bonds. The molecule has 0 saturated carbocycles. The molecular formula is C19H21N3O4S. The molecule has 142 valence electrons. The van der Waals surface area contributed by atoms with Gasteiger partial charge in [0.15, 0.2) is 0 Å². The molecule has 1 aromatic carbocycles. The third kappa shape index (κ3) is 3.77. The lowest BCUT2D eigenvalue weighted by Crippen LogP contribution is -2.42. The highest BCUT2D eigenvalue weighted by Crippen LogP contribution is 2.23. The maximum absolute atomic E-state index is 12.5. The second-order valence-electron chi connectivity index (χ2n) is 7.08. The number of rotatable bonds is 6. The molecule has 1 aromatic heterocycles. The van der Waals surface area contributed by atoms with E-state index >= 15 is 0 Å². The predicted octanol–water partition coefficient (Wildman–Crippen LogP) is 2.34. The van der Waals surface area contributed by atoms with Gasteiger partial charge < -0.3 is 0 Å². The van der Waals surface area contributed by atoms with E-state index in [2.05, 4.69) is 9.71 Å². The molecule has 0 aliphatic carbocycles. The number of fused-ring (bicyclic) bond motifs is 1. The summed E-state index contributed by atoms with van der Waals surface area (Å²) in [7, 11) is -3.65. The van der Waals surface area contributed by atoms with Crippen LogP contribution in [-0.2, 0) is 16.6 Å². The monoisotopic (exact) mass is 387 g/mol. The Hall–Kier alpha value is -2.58. The van der Waals surface area contributed by atoms with Gasteiger partial charge in [0, 0.05) is 11.7 Å². The summed E-state index contributed by atoms with van der Waals surface area (Å²) in [5.41, 5.74) is 0.531. The van der Waals surface area contributed by atoms with Crippen molar-refractivity contribution in [3.8, 4) is 0 Å². The molecule has 1 N–H and O–H groups in total. The van der Waals surface area contributed by atoms with Gasteiger partial charge in [0.25, 0.3) is 11.8 Å². The van der Waals surface area contributed by atoms with Crippen LogP contribution in [-0.4, -0.2) is 35.7 Å². The van der Waals surface area contributed by atoms with E-state index < -0.39 is 27.4 Å². The standard InChI is InChI=1S/C19H21N3O4S/c1-4-19(2,3)21-27(25,26)14-9-7-13(8-10-14)12-22-17(23)15-6-5-11-20-16(15)18(22)24/h5-11,21H,4,12H2,1-3H3. The molecule has 0 unspecified atom stereocenters. The lowest BCUT2D eigenvalue weighted by molar-refractivity contribution is 0.0640. The fraction of sp³-hybridized carbons (Fsp3) is 0.316. The Morgan fingerprint density at radius 1 is 1.07 bits per heavy atom. The first-order valence-electron chi connectivity index (χ1n) is 8.59. The van der Waals surface area contributed by atoms with Crippen LogP contribution in [0.4, 0.5) is 0 Å². The topological polar surface area (TPSA) is 96.4 Å². The first-order valence-corrected chi connectivity index (χ1v) is 10.1. The summed E-state index contributed by atoms with van der Waals surface area (Å²) in [6, 6.07) is 9.33. The van der Waals surface area contributed by atoms with Crippen LogP contribution in [0.3, 0.4) is 0 Å². The van der Waals surface area contributed by atoms with Gasteiger partial charge in [0.1, 0.15) is 5.69 Å². The third-order valence-corrected chi connectivity index (χ3v) is 6.31. The minimum atomic E-state index is -3.65. The second kappa shape index (κ2) is 6.86. The molecule has 0 radical (unpaired) electrons. The van der Waals surface area contributed by atoms with E-state index in [1.165, 1.54) is 18.3 Å². The van der Waals surface area contributed by atoms with Gasteiger partial charge in [-0.2, -0.15) is 0 Å². The number of aromatic nitrogens is 1. The Bertz CT molecular complexity index is 963. The summed E-state index contributed by atoms with van der Waals surface area (Å²) >= 11 is 0. The number of sulfonamides is 1. The van der Waals surface area contributed by atoms with Crippen molar-refractivity contribution in [1.82, 2.24) is 14.6 Å². The largest absolute Gasteiger partial charge is 0.280 e. The van der Waals surface area contributed by atoms with Gasteiger partial charge in [-0.25, -0.2) is 13.1 Å². The summed E-state index contributed by atoms with van der Waals surface area (Å²) in [5, 5.41) is 0. The van der Waals surface area contributed by atoms with Crippen molar-refractivity contribution in [2.45, 2.75) is 44.2 Å². The minimum Gasteiger partial charge on any atom is -0.268 e. The van der Waals surface area contributed by atoms with Gasteiger partial charge in [-0.05, 0) is 50.1 Å². The molecule has 0 atom stereocenters. The van der Waals surface area contributed by atoms with E-state index in [-0.39, 0.29) is 22.7 Å². The molecule has 1 aliphatic heterocycles. The number of hydrogen-bond donors (Lipinski definition) is 1. The Balaban J connectivity index is 1.78. The zero-order valence-corrected chi connectivity index (χ0v) is 16.2. The number of benzene rings is 1. The molecule has 2 heterocycles. The number of carbonyl (C=O) groups excluding carboxylic acids is 2. The van der Waals surface area contributed by atoms with Crippen LogP contribution in [0.1, 0.15) is 53.6 Å². The number of pyridine rings is 1. The maximum atomic E-state index is 12.5. The van der Waals surface area contributed by atoms with Gasteiger partial charge in [-0.3, -0.25) is 19.5 Å². The number of nitrogens with zero attached hydrogens (tertiary/aromatic N) is 2.